The molecule has 1 fully saturated rings. The molecule has 1 heterocycles. The zero-order chi connectivity index (χ0) is 14.1. The second-order valence-corrected chi connectivity index (χ2v) is 6.52. The average molecular weight is 274 g/mol. The number of aromatic hydroxyl groups is 1. The summed E-state index contributed by atoms with van der Waals surface area (Å²) in [5, 5.41) is 9.79. The van der Waals surface area contributed by atoms with Gasteiger partial charge in [0.15, 0.2) is 0 Å². The summed E-state index contributed by atoms with van der Waals surface area (Å²) < 4.78 is 0. The summed E-state index contributed by atoms with van der Waals surface area (Å²) in [5.74, 6) is 0.416. The molecule has 1 aliphatic heterocycles. The summed E-state index contributed by atoms with van der Waals surface area (Å²) in [6, 6.07) is 7.20. The lowest BCUT2D eigenvalue weighted by Crippen LogP contribution is -2.44. The zero-order valence-electron chi connectivity index (χ0n) is 12.7. The largest absolute Gasteiger partial charge is 0.508 e. The number of phenols is 1. The second-order valence-electron chi connectivity index (χ2n) is 6.52. The molecule has 1 aromatic carbocycles. The van der Waals surface area contributed by atoms with Crippen LogP contribution < -0.4 is 0 Å². The van der Waals surface area contributed by atoms with E-state index in [2.05, 4.69) is 30.0 Å². The van der Waals surface area contributed by atoms with Gasteiger partial charge in [-0.05, 0) is 69.5 Å². The Bertz CT molecular complexity index is 464. The fourth-order valence-electron chi connectivity index (χ4n) is 3.85. The zero-order valence-corrected chi connectivity index (χ0v) is 12.7. The van der Waals surface area contributed by atoms with E-state index in [4.69, 9.17) is 0 Å². The number of hydrogen-bond acceptors (Lipinski definition) is 3. The smallest absolute Gasteiger partial charge is 0.115 e. The first kappa shape index (κ1) is 13.9. The highest BCUT2D eigenvalue weighted by Gasteiger charge is 2.29. The molecule has 0 saturated carbocycles. The summed E-state index contributed by atoms with van der Waals surface area (Å²) in [5.41, 5.74) is 2.81. The standard InChI is InChI=1S/C17H26N2O/c1-18(2)14-8-10-19(11-9-14)17-5-3-4-13-6-7-15(20)12-16(13)17/h6-7,12,14,17,20H,3-5,8-11H2,1-2H3. The van der Waals surface area contributed by atoms with Crippen LogP contribution in [0.5, 0.6) is 5.75 Å². The van der Waals surface area contributed by atoms with Gasteiger partial charge in [-0.2, -0.15) is 0 Å². The van der Waals surface area contributed by atoms with Crippen LogP contribution >= 0.6 is 0 Å². The van der Waals surface area contributed by atoms with Crippen molar-refractivity contribution in [2.45, 2.75) is 44.2 Å². The van der Waals surface area contributed by atoms with Gasteiger partial charge in [0, 0.05) is 25.2 Å². The Morgan fingerprint density at radius 1 is 1.15 bits per heavy atom. The van der Waals surface area contributed by atoms with E-state index in [-0.39, 0.29) is 0 Å². The highest BCUT2D eigenvalue weighted by molar-refractivity contribution is 5.38. The molecule has 20 heavy (non-hydrogen) atoms. The lowest BCUT2D eigenvalue weighted by atomic mass is 9.85. The fraction of sp³-hybridized carbons (Fsp3) is 0.647. The summed E-state index contributed by atoms with van der Waals surface area (Å²) in [4.78, 5) is 5.00. The molecule has 1 unspecified atom stereocenters. The van der Waals surface area contributed by atoms with Gasteiger partial charge in [-0.3, -0.25) is 4.90 Å². The summed E-state index contributed by atoms with van der Waals surface area (Å²) in [7, 11) is 4.38. The van der Waals surface area contributed by atoms with Gasteiger partial charge in [0.05, 0.1) is 0 Å². The van der Waals surface area contributed by atoms with Gasteiger partial charge in [0.25, 0.3) is 0 Å². The van der Waals surface area contributed by atoms with Crippen LogP contribution in [0.2, 0.25) is 0 Å². The Morgan fingerprint density at radius 2 is 1.90 bits per heavy atom. The van der Waals surface area contributed by atoms with Crippen molar-refractivity contribution >= 4 is 0 Å². The highest BCUT2D eigenvalue weighted by Crippen LogP contribution is 2.37. The summed E-state index contributed by atoms with van der Waals surface area (Å²) in [6.07, 6.45) is 6.20. The molecular weight excluding hydrogens is 248 g/mol. The SMILES string of the molecule is CN(C)C1CCN(C2CCCc3ccc(O)cc32)CC1. The fourth-order valence-corrected chi connectivity index (χ4v) is 3.85. The molecule has 0 amide bonds. The average Bonchev–Trinajstić information content (AvgIpc) is 2.46. The van der Waals surface area contributed by atoms with Crippen molar-refractivity contribution in [2.75, 3.05) is 27.2 Å². The van der Waals surface area contributed by atoms with Gasteiger partial charge in [-0.15, -0.1) is 0 Å². The van der Waals surface area contributed by atoms with Gasteiger partial charge in [0.2, 0.25) is 0 Å². The number of nitrogens with zero attached hydrogens (tertiary/aromatic N) is 2. The summed E-state index contributed by atoms with van der Waals surface area (Å²) >= 11 is 0. The molecule has 110 valence electrons. The molecule has 1 N–H and O–H groups in total. The number of aryl methyl sites for hydroxylation is 1. The first-order valence-corrected chi connectivity index (χ1v) is 7.87. The number of phenolic OH excluding ortho intramolecular Hbond substituents is 1. The first-order valence-electron chi connectivity index (χ1n) is 7.87. The van der Waals surface area contributed by atoms with Gasteiger partial charge < -0.3 is 10.0 Å². The van der Waals surface area contributed by atoms with E-state index in [1.54, 1.807) is 0 Å². The highest BCUT2D eigenvalue weighted by atomic mass is 16.3. The molecule has 2 aliphatic rings. The minimum atomic E-state index is 0.416. The van der Waals surface area contributed by atoms with Crippen molar-refractivity contribution in [3.63, 3.8) is 0 Å². The number of hydrogen-bond donors (Lipinski definition) is 1. The number of fused-ring (bicyclic) bond motifs is 1. The van der Waals surface area contributed by atoms with Crippen molar-refractivity contribution in [2.24, 2.45) is 0 Å². The molecule has 0 spiro atoms. The second kappa shape index (κ2) is 5.74. The van der Waals surface area contributed by atoms with Crippen LogP contribution in [0.3, 0.4) is 0 Å². The Kier molecular flexibility index (Phi) is 3.99. The Hall–Kier alpha value is -1.06. The van der Waals surface area contributed by atoms with E-state index >= 15 is 0 Å². The molecule has 1 aromatic rings. The molecule has 3 nitrogen and oxygen atoms in total. The van der Waals surface area contributed by atoms with E-state index in [1.165, 1.54) is 56.3 Å². The molecule has 1 aliphatic carbocycles. The number of likely N-dealkylation sites (tertiary alicyclic amines) is 1. The van der Waals surface area contributed by atoms with Crippen molar-refractivity contribution in [1.29, 1.82) is 0 Å². The topological polar surface area (TPSA) is 26.7 Å². The monoisotopic (exact) mass is 274 g/mol. The molecule has 3 heteroatoms. The van der Waals surface area contributed by atoms with Crippen molar-refractivity contribution in [3.05, 3.63) is 29.3 Å². The van der Waals surface area contributed by atoms with Gasteiger partial charge in [0.1, 0.15) is 5.75 Å². The van der Waals surface area contributed by atoms with Crippen LogP contribution in [0.15, 0.2) is 18.2 Å². The van der Waals surface area contributed by atoms with Crippen LogP contribution in [0.1, 0.15) is 42.9 Å². The quantitative estimate of drug-likeness (QED) is 0.898. The Labute approximate surface area is 122 Å². The van der Waals surface area contributed by atoms with Crippen LogP contribution in [0.4, 0.5) is 0 Å². The van der Waals surface area contributed by atoms with Crippen LogP contribution in [0.25, 0.3) is 0 Å². The van der Waals surface area contributed by atoms with E-state index < -0.39 is 0 Å². The predicted molar refractivity (Wildman–Crippen MR) is 82.1 cm³/mol. The van der Waals surface area contributed by atoms with E-state index in [9.17, 15) is 5.11 Å². The maximum atomic E-state index is 9.79. The molecule has 3 rings (SSSR count). The third kappa shape index (κ3) is 2.70. The molecule has 0 radical (unpaired) electrons. The minimum Gasteiger partial charge on any atom is -0.508 e. The van der Waals surface area contributed by atoms with Crippen LogP contribution in [-0.2, 0) is 6.42 Å². The number of rotatable bonds is 2. The lowest BCUT2D eigenvalue weighted by molar-refractivity contribution is 0.0995. The normalized spacial score (nSPS) is 24.9. The van der Waals surface area contributed by atoms with Crippen LogP contribution in [-0.4, -0.2) is 48.1 Å². The first-order chi connectivity index (χ1) is 9.65. The predicted octanol–water partition coefficient (Wildman–Crippen LogP) is 2.80. The van der Waals surface area contributed by atoms with Crippen molar-refractivity contribution in [3.8, 4) is 5.75 Å². The molecule has 1 atom stereocenters. The maximum Gasteiger partial charge on any atom is 0.115 e. The maximum absolute atomic E-state index is 9.79. The third-order valence-corrected chi connectivity index (χ3v) is 5.08. The molecular formula is C17H26N2O. The number of benzene rings is 1. The van der Waals surface area contributed by atoms with Gasteiger partial charge in [-0.1, -0.05) is 6.07 Å². The minimum absolute atomic E-state index is 0.416. The third-order valence-electron chi connectivity index (χ3n) is 5.08. The van der Waals surface area contributed by atoms with E-state index in [0.29, 0.717) is 11.8 Å². The molecule has 0 aromatic heterocycles. The molecule has 0 bridgehead atoms. The lowest BCUT2D eigenvalue weighted by Gasteiger charge is -2.41. The van der Waals surface area contributed by atoms with Gasteiger partial charge in [-0.25, -0.2) is 0 Å². The Morgan fingerprint density at radius 3 is 2.60 bits per heavy atom. The molecule has 1 saturated heterocycles. The van der Waals surface area contributed by atoms with Gasteiger partial charge >= 0.3 is 0 Å². The Balaban J connectivity index is 1.75. The van der Waals surface area contributed by atoms with E-state index in [0.717, 1.165) is 6.04 Å². The number of piperidine rings is 1. The van der Waals surface area contributed by atoms with Crippen LogP contribution in [0, 0.1) is 0 Å². The van der Waals surface area contributed by atoms with Crippen molar-refractivity contribution < 1.29 is 5.11 Å². The van der Waals surface area contributed by atoms with Crippen molar-refractivity contribution in [1.82, 2.24) is 9.80 Å². The van der Waals surface area contributed by atoms with E-state index in [1.807, 2.05) is 12.1 Å². The summed E-state index contributed by atoms with van der Waals surface area (Å²) in [6.45, 7) is 2.37.